The van der Waals surface area contributed by atoms with E-state index < -0.39 is 18.5 Å². The number of ether oxygens (including phenoxy) is 1. The number of methoxy groups -OCH3 is 1. The highest BCUT2D eigenvalue weighted by Crippen LogP contribution is 2.29. The number of nitrogens with zero attached hydrogens (tertiary/aromatic N) is 1. The standard InChI is InChI=1S/C13H18F2N2O/c1-18-12-4-2-3-10(13(12)15)11(9-14)17-7-5-16-6-8-17/h2-4,11,16H,5-9H2,1H3/t11-/m0/s1. The van der Waals surface area contributed by atoms with Gasteiger partial charge in [0.15, 0.2) is 11.6 Å². The van der Waals surface area contributed by atoms with Crippen LogP contribution in [0.15, 0.2) is 18.2 Å². The Morgan fingerprint density at radius 3 is 2.72 bits per heavy atom. The lowest BCUT2D eigenvalue weighted by atomic mass is 10.0. The van der Waals surface area contributed by atoms with Crippen LogP contribution in [-0.2, 0) is 0 Å². The third-order valence-electron chi connectivity index (χ3n) is 3.31. The second kappa shape index (κ2) is 6.11. The Balaban J connectivity index is 2.26. The molecule has 0 unspecified atom stereocenters. The Morgan fingerprint density at radius 2 is 2.11 bits per heavy atom. The quantitative estimate of drug-likeness (QED) is 0.888. The van der Waals surface area contributed by atoms with Crippen LogP contribution in [0.3, 0.4) is 0 Å². The van der Waals surface area contributed by atoms with Gasteiger partial charge in [-0.15, -0.1) is 0 Å². The molecule has 1 fully saturated rings. The second-order valence-electron chi connectivity index (χ2n) is 4.32. The maximum Gasteiger partial charge on any atom is 0.169 e. The molecule has 1 aliphatic heterocycles. The summed E-state index contributed by atoms with van der Waals surface area (Å²) >= 11 is 0. The van der Waals surface area contributed by atoms with Crippen LogP contribution in [0.1, 0.15) is 11.6 Å². The fourth-order valence-electron chi connectivity index (χ4n) is 2.31. The number of alkyl halides is 1. The van der Waals surface area contributed by atoms with Gasteiger partial charge in [-0.25, -0.2) is 8.78 Å². The Hall–Kier alpha value is -1.20. The largest absolute Gasteiger partial charge is 0.494 e. The second-order valence-corrected chi connectivity index (χ2v) is 4.32. The van der Waals surface area contributed by atoms with Crippen molar-refractivity contribution in [3.63, 3.8) is 0 Å². The van der Waals surface area contributed by atoms with Gasteiger partial charge in [-0.2, -0.15) is 0 Å². The van der Waals surface area contributed by atoms with Crippen molar-refractivity contribution in [3.05, 3.63) is 29.6 Å². The van der Waals surface area contributed by atoms with Crippen LogP contribution in [0.4, 0.5) is 8.78 Å². The highest BCUT2D eigenvalue weighted by Gasteiger charge is 2.25. The summed E-state index contributed by atoms with van der Waals surface area (Å²) in [7, 11) is 1.41. The molecule has 3 nitrogen and oxygen atoms in total. The van der Waals surface area contributed by atoms with Gasteiger partial charge in [-0.1, -0.05) is 12.1 Å². The molecule has 1 aromatic rings. The normalized spacial score (nSPS) is 18.6. The predicted octanol–water partition coefficient (Wildman–Crippen LogP) is 1.75. The van der Waals surface area contributed by atoms with Gasteiger partial charge in [0, 0.05) is 31.7 Å². The van der Waals surface area contributed by atoms with E-state index in [9.17, 15) is 8.78 Å². The van der Waals surface area contributed by atoms with Crippen molar-refractivity contribution in [1.82, 2.24) is 10.2 Å². The molecule has 0 radical (unpaired) electrons. The van der Waals surface area contributed by atoms with Crippen molar-refractivity contribution in [2.45, 2.75) is 6.04 Å². The first-order valence-electron chi connectivity index (χ1n) is 6.11. The van der Waals surface area contributed by atoms with Crippen LogP contribution in [-0.4, -0.2) is 44.9 Å². The van der Waals surface area contributed by atoms with Crippen LogP contribution in [0, 0.1) is 5.82 Å². The number of nitrogens with one attached hydrogen (secondary N) is 1. The average Bonchev–Trinajstić information content (AvgIpc) is 2.43. The molecule has 1 aromatic carbocycles. The zero-order valence-electron chi connectivity index (χ0n) is 10.5. The molecule has 0 bridgehead atoms. The first kappa shape index (κ1) is 13.2. The maximum atomic E-state index is 14.1. The molecule has 0 spiro atoms. The highest BCUT2D eigenvalue weighted by molar-refractivity contribution is 5.33. The number of rotatable bonds is 4. The lowest BCUT2D eigenvalue weighted by Gasteiger charge is -2.33. The summed E-state index contributed by atoms with van der Waals surface area (Å²) in [4.78, 5) is 1.97. The number of benzene rings is 1. The molecule has 1 heterocycles. The first-order valence-corrected chi connectivity index (χ1v) is 6.11. The maximum absolute atomic E-state index is 14.1. The van der Waals surface area contributed by atoms with Crippen molar-refractivity contribution in [2.75, 3.05) is 40.0 Å². The molecule has 18 heavy (non-hydrogen) atoms. The SMILES string of the molecule is COc1cccc([C@H](CF)N2CCNCC2)c1F. The minimum absolute atomic E-state index is 0.168. The van der Waals surface area contributed by atoms with Crippen LogP contribution in [0.25, 0.3) is 0 Å². The number of piperazine rings is 1. The summed E-state index contributed by atoms with van der Waals surface area (Å²) < 4.78 is 32.3. The molecule has 0 amide bonds. The summed E-state index contributed by atoms with van der Waals surface area (Å²) in [6.45, 7) is 2.48. The van der Waals surface area contributed by atoms with Gasteiger partial charge in [0.25, 0.3) is 0 Å². The van der Waals surface area contributed by atoms with E-state index in [-0.39, 0.29) is 5.75 Å². The highest BCUT2D eigenvalue weighted by atomic mass is 19.1. The first-order chi connectivity index (χ1) is 8.77. The van der Waals surface area contributed by atoms with Crippen molar-refractivity contribution < 1.29 is 13.5 Å². The lowest BCUT2D eigenvalue weighted by Crippen LogP contribution is -2.45. The van der Waals surface area contributed by atoms with Crippen molar-refractivity contribution in [1.29, 1.82) is 0 Å². The van der Waals surface area contributed by atoms with Gasteiger partial charge < -0.3 is 10.1 Å². The summed E-state index contributed by atoms with van der Waals surface area (Å²) in [5, 5.41) is 3.20. The molecular formula is C13H18F2N2O. The molecule has 1 atom stereocenters. The number of halogens is 2. The van der Waals surface area contributed by atoms with E-state index in [0.29, 0.717) is 5.56 Å². The summed E-state index contributed by atoms with van der Waals surface area (Å²) in [5.41, 5.74) is 0.374. The molecule has 2 rings (SSSR count). The Morgan fingerprint density at radius 1 is 1.39 bits per heavy atom. The van der Waals surface area contributed by atoms with Gasteiger partial charge in [0.05, 0.1) is 13.2 Å². The zero-order chi connectivity index (χ0) is 13.0. The molecule has 5 heteroatoms. The molecule has 1 saturated heterocycles. The Kier molecular flexibility index (Phi) is 4.49. The van der Waals surface area contributed by atoms with Crippen LogP contribution < -0.4 is 10.1 Å². The zero-order valence-corrected chi connectivity index (χ0v) is 10.5. The minimum Gasteiger partial charge on any atom is -0.494 e. The van der Waals surface area contributed by atoms with E-state index in [1.54, 1.807) is 18.2 Å². The van der Waals surface area contributed by atoms with Crippen molar-refractivity contribution in [3.8, 4) is 5.75 Å². The van der Waals surface area contributed by atoms with E-state index in [1.165, 1.54) is 7.11 Å². The molecule has 100 valence electrons. The van der Waals surface area contributed by atoms with Gasteiger partial charge in [-0.05, 0) is 6.07 Å². The van der Waals surface area contributed by atoms with Gasteiger partial charge in [0.1, 0.15) is 6.67 Å². The van der Waals surface area contributed by atoms with E-state index >= 15 is 0 Å². The smallest absolute Gasteiger partial charge is 0.169 e. The van der Waals surface area contributed by atoms with E-state index in [2.05, 4.69) is 5.32 Å². The molecule has 0 saturated carbocycles. The minimum atomic E-state index is -0.593. The monoisotopic (exact) mass is 256 g/mol. The van der Waals surface area contributed by atoms with Gasteiger partial charge in [-0.3, -0.25) is 4.90 Å². The van der Waals surface area contributed by atoms with Crippen LogP contribution >= 0.6 is 0 Å². The fraction of sp³-hybridized carbons (Fsp3) is 0.538. The van der Waals surface area contributed by atoms with E-state index in [4.69, 9.17) is 4.74 Å². The molecule has 1 aliphatic rings. The molecule has 0 aromatic heterocycles. The Labute approximate surface area is 106 Å². The topological polar surface area (TPSA) is 24.5 Å². The van der Waals surface area contributed by atoms with Crippen LogP contribution in [0.5, 0.6) is 5.75 Å². The summed E-state index contributed by atoms with van der Waals surface area (Å²) in [6, 6.07) is 4.35. The molecule has 1 N–H and O–H groups in total. The van der Waals surface area contributed by atoms with Crippen molar-refractivity contribution in [2.24, 2.45) is 0 Å². The third kappa shape index (κ3) is 2.62. The lowest BCUT2D eigenvalue weighted by molar-refractivity contribution is 0.144. The van der Waals surface area contributed by atoms with E-state index in [1.807, 2.05) is 4.90 Å². The fourth-order valence-corrected chi connectivity index (χ4v) is 2.31. The van der Waals surface area contributed by atoms with Gasteiger partial charge >= 0.3 is 0 Å². The average molecular weight is 256 g/mol. The van der Waals surface area contributed by atoms with Gasteiger partial charge in [0.2, 0.25) is 0 Å². The molecular weight excluding hydrogens is 238 g/mol. The summed E-state index contributed by atoms with van der Waals surface area (Å²) in [5.74, 6) is -0.290. The molecule has 0 aliphatic carbocycles. The van der Waals surface area contributed by atoms with E-state index in [0.717, 1.165) is 26.2 Å². The third-order valence-corrected chi connectivity index (χ3v) is 3.31. The predicted molar refractivity (Wildman–Crippen MR) is 66.1 cm³/mol. The van der Waals surface area contributed by atoms with Crippen molar-refractivity contribution >= 4 is 0 Å². The van der Waals surface area contributed by atoms with Crippen LogP contribution in [0.2, 0.25) is 0 Å². The Bertz CT molecular complexity index is 395. The number of hydrogen-bond donors (Lipinski definition) is 1. The number of hydrogen-bond acceptors (Lipinski definition) is 3. The summed E-state index contributed by atoms with van der Waals surface area (Å²) in [6.07, 6.45) is 0.